The molecule has 3 nitrogen and oxygen atoms in total. The van der Waals surface area contributed by atoms with Gasteiger partial charge in [-0.1, -0.05) is 12.1 Å². The monoisotopic (exact) mass is 290 g/mol. The molecule has 2 aromatic carbocycles. The predicted molar refractivity (Wildman–Crippen MR) is 74.4 cm³/mol. The molecule has 0 aliphatic heterocycles. The van der Waals surface area contributed by atoms with Crippen LogP contribution in [0.4, 0.5) is 8.78 Å². The van der Waals surface area contributed by atoms with Gasteiger partial charge < -0.3 is 9.84 Å². The first-order chi connectivity index (χ1) is 10.0. The van der Waals surface area contributed by atoms with E-state index in [0.717, 1.165) is 12.1 Å². The number of carbonyl (C=O) groups is 1. The van der Waals surface area contributed by atoms with Gasteiger partial charge in [-0.2, -0.15) is 0 Å². The predicted octanol–water partition coefficient (Wildman–Crippen LogP) is 3.58. The third-order valence-corrected chi connectivity index (χ3v) is 2.86. The van der Waals surface area contributed by atoms with Crippen LogP contribution in [-0.2, 0) is 0 Å². The summed E-state index contributed by atoms with van der Waals surface area (Å²) in [6.07, 6.45) is 2.32. The van der Waals surface area contributed by atoms with E-state index in [1.165, 1.54) is 43.5 Å². The van der Waals surface area contributed by atoms with Crippen molar-refractivity contribution in [3.05, 3.63) is 65.2 Å². The number of methoxy groups -OCH3 is 1. The second-order valence-corrected chi connectivity index (χ2v) is 4.23. The highest BCUT2D eigenvalue weighted by atomic mass is 19.2. The number of halogens is 2. The Morgan fingerprint density at radius 2 is 2.00 bits per heavy atom. The van der Waals surface area contributed by atoms with Gasteiger partial charge in [0.25, 0.3) is 0 Å². The summed E-state index contributed by atoms with van der Waals surface area (Å²) in [4.78, 5) is 12.0. The lowest BCUT2D eigenvalue weighted by atomic mass is 10.1. The Balaban J connectivity index is 2.25. The van der Waals surface area contributed by atoms with Crippen molar-refractivity contribution < 1.29 is 23.4 Å². The Labute approximate surface area is 120 Å². The minimum absolute atomic E-state index is 0.0194. The van der Waals surface area contributed by atoms with Crippen LogP contribution < -0.4 is 4.74 Å². The molecular formula is C16H12F2O3. The number of rotatable bonds is 4. The van der Waals surface area contributed by atoms with Crippen molar-refractivity contribution in [3.63, 3.8) is 0 Å². The molecule has 0 saturated carbocycles. The number of phenols is 1. The average Bonchev–Trinajstić information content (AvgIpc) is 2.49. The van der Waals surface area contributed by atoms with Crippen molar-refractivity contribution >= 4 is 11.9 Å². The van der Waals surface area contributed by atoms with Gasteiger partial charge in [0.1, 0.15) is 0 Å². The average molecular weight is 290 g/mol. The molecule has 0 bridgehead atoms. The van der Waals surface area contributed by atoms with E-state index in [-0.39, 0.29) is 22.6 Å². The van der Waals surface area contributed by atoms with Gasteiger partial charge >= 0.3 is 0 Å². The lowest BCUT2D eigenvalue weighted by molar-refractivity contribution is 0.104. The zero-order valence-electron chi connectivity index (χ0n) is 11.1. The van der Waals surface area contributed by atoms with Crippen molar-refractivity contribution in [2.45, 2.75) is 0 Å². The first-order valence-electron chi connectivity index (χ1n) is 6.06. The molecule has 21 heavy (non-hydrogen) atoms. The van der Waals surface area contributed by atoms with Crippen molar-refractivity contribution in [2.24, 2.45) is 0 Å². The first kappa shape index (κ1) is 14.7. The lowest BCUT2D eigenvalue weighted by Gasteiger charge is -2.04. The molecule has 0 atom stereocenters. The Kier molecular flexibility index (Phi) is 4.33. The van der Waals surface area contributed by atoms with Crippen molar-refractivity contribution in [1.82, 2.24) is 0 Å². The highest BCUT2D eigenvalue weighted by Crippen LogP contribution is 2.26. The summed E-state index contributed by atoms with van der Waals surface area (Å²) in [7, 11) is 1.36. The topological polar surface area (TPSA) is 46.5 Å². The number of phenolic OH excluding ortho intramolecular Hbond substituents is 1. The van der Waals surface area contributed by atoms with E-state index < -0.39 is 17.4 Å². The summed E-state index contributed by atoms with van der Waals surface area (Å²) >= 11 is 0. The van der Waals surface area contributed by atoms with Crippen molar-refractivity contribution in [1.29, 1.82) is 0 Å². The van der Waals surface area contributed by atoms with E-state index in [0.29, 0.717) is 0 Å². The highest BCUT2D eigenvalue weighted by molar-refractivity contribution is 6.07. The Hall–Kier alpha value is -2.69. The number of ether oxygens (including phenoxy) is 1. The maximum absolute atomic E-state index is 13.4. The van der Waals surface area contributed by atoms with Crippen LogP contribution in [0.3, 0.4) is 0 Å². The molecular weight excluding hydrogens is 278 g/mol. The summed E-state index contributed by atoms with van der Waals surface area (Å²) in [5, 5.41) is 9.45. The molecule has 2 rings (SSSR count). The molecule has 0 amide bonds. The molecule has 0 aromatic heterocycles. The van der Waals surface area contributed by atoms with Crippen LogP contribution in [0.1, 0.15) is 15.9 Å². The van der Waals surface area contributed by atoms with E-state index in [4.69, 9.17) is 4.74 Å². The number of carbonyl (C=O) groups excluding carboxylic acids is 1. The Morgan fingerprint density at radius 1 is 1.24 bits per heavy atom. The molecule has 0 heterocycles. The zero-order valence-corrected chi connectivity index (χ0v) is 11.1. The summed E-state index contributed by atoms with van der Waals surface area (Å²) in [5.74, 6) is -2.34. The van der Waals surface area contributed by atoms with E-state index in [9.17, 15) is 18.7 Å². The van der Waals surface area contributed by atoms with Crippen molar-refractivity contribution in [3.8, 4) is 11.5 Å². The highest BCUT2D eigenvalue weighted by Gasteiger charge is 2.09. The van der Waals surface area contributed by atoms with Crippen LogP contribution in [0, 0.1) is 11.6 Å². The minimum atomic E-state index is -1.01. The standard InChI is InChI=1S/C16H12F2O3/c1-21-15-9-11(6-8-14(15)20)13(19)7-5-10-3-2-4-12(17)16(10)18/h2-9,20H,1H3. The Morgan fingerprint density at radius 3 is 2.71 bits per heavy atom. The summed E-state index contributed by atoms with van der Waals surface area (Å²) in [5.41, 5.74) is 0.242. The molecule has 5 heteroatoms. The van der Waals surface area contributed by atoms with Gasteiger partial charge in [-0.15, -0.1) is 0 Å². The van der Waals surface area contributed by atoms with Gasteiger partial charge in [-0.05, 0) is 36.4 Å². The zero-order chi connectivity index (χ0) is 15.4. The maximum Gasteiger partial charge on any atom is 0.185 e. The molecule has 2 aromatic rings. The number of allylic oxidation sites excluding steroid dienone is 1. The van der Waals surface area contributed by atoms with Crippen molar-refractivity contribution in [2.75, 3.05) is 7.11 Å². The number of hydrogen-bond donors (Lipinski definition) is 1. The van der Waals surface area contributed by atoms with Gasteiger partial charge in [0.15, 0.2) is 28.9 Å². The Bertz CT molecular complexity index is 709. The van der Waals surface area contributed by atoms with E-state index >= 15 is 0 Å². The fraction of sp³-hybridized carbons (Fsp3) is 0.0625. The normalized spacial score (nSPS) is 10.8. The van der Waals surface area contributed by atoms with E-state index in [1.807, 2.05) is 0 Å². The first-order valence-corrected chi connectivity index (χ1v) is 6.06. The summed E-state index contributed by atoms with van der Waals surface area (Å²) in [6, 6.07) is 7.81. The quantitative estimate of drug-likeness (QED) is 0.691. The van der Waals surface area contributed by atoms with Crippen LogP contribution >= 0.6 is 0 Å². The molecule has 0 aliphatic rings. The number of ketones is 1. The number of hydrogen-bond acceptors (Lipinski definition) is 3. The van der Waals surface area contributed by atoms with Crippen LogP contribution in [0.25, 0.3) is 6.08 Å². The van der Waals surface area contributed by atoms with Gasteiger partial charge in [0.2, 0.25) is 0 Å². The molecule has 0 saturated heterocycles. The molecule has 0 unspecified atom stereocenters. The summed E-state index contributed by atoms with van der Waals surface area (Å²) in [6.45, 7) is 0. The largest absolute Gasteiger partial charge is 0.504 e. The second kappa shape index (κ2) is 6.17. The molecule has 0 radical (unpaired) electrons. The van der Waals surface area contributed by atoms with Gasteiger partial charge in [0.05, 0.1) is 7.11 Å². The molecule has 1 N–H and O–H groups in total. The van der Waals surface area contributed by atoms with Gasteiger partial charge in [-0.25, -0.2) is 8.78 Å². The van der Waals surface area contributed by atoms with Crippen LogP contribution in [-0.4, -0.2) is 18.0 Å². The SMILES string of the molecule is COc1cc(C(=O)C=Cc2cccc(F)c2F)ccc1O. The van der Waals surface area contributed by atoms with Gasteiger partial charge in [-0.3, -0.25) is 4.79 Å². The molecule has 0 aliphatic carbocycles. The molecule has 0 spiro atoms. The third-order valence-electron chi connectivity index (χ3n) is 2.86. The van der Waals surface area contributed by atoms with Gasteiger partial charge in [0, 0.05) is 11.1 Å². The second-order valence-electron chi connectivity index (χ2n) is 4.23. The third kappa shape index (κ3) is 3.25. The van der Waals surface area contributed by atoms with Crippen LogP contribution in [0.5, 0.6) is 11.5 Å². The fourth-order valence-electron chi connectivity index (χ4n) is 1.74. The molecule has 0 fully saturated rings. The number of benzene rings is 2. The summed E-state index contributed by atoms with van der Waals surface area (Å²) < 4.78 is 31.4. The minimum Gasteiger partial charge on any atom is -0.504 e. The molecule has 108 valence electrons. The fourth-order valence-corrected chi connectivity index (χ4v) is 1.74. The number of aromatic hydroxyl groups is 1. The lowest BCUT2D eigenvalue weighted by Crippen LogP contribution is -1.96. The van der Waals surface area contributed by atoms with Crippen LogP contribution in [0.15, 0.2) is 42.5 Å². The van der Waals surface area contributed by atoms with E-state index in [2.05, 4.69) is 0 Å². The van der Waals surface area contributed by atoms with E-state index in [1.54, 1.807) is 0 Å². The van der Waals surface area contributed by atoms with Crippen LogP contribution in [0.2, 0.25) is 0 Å². The maximum atomic E-state index is 13.4. The smallest absolute Gasteiger partial charge is 0.185 e.